The molecule has 1 unspecified atom stereocenters. The quantitative estimate of drug-likeness (QED) is 0.265. The van der Waals surface area contributed by atoms with E-state index in [9.17, 15) is 4.79 Å². The molecule has 0 aliphatic carbocycles. The first-order valence-electron chi connectivity index (χ1n) is 9.73. The van der Waals surface area contributed by atoms with Gasteiger partial charge in [-0.3, -0.25) is 9.69 Å². The highest BCUT2D eigenvalue weighted by Gasteiger charge is 2.37. The van der Waals surface area contributed by atoms with Crippen LogP contribution in [0.15, 0.2) is 94.0 Å². The van der Waals surface area contributed by atoms with Crippen molar-refractivity contribution >= 4 is 40.7 Å². The summed E-state index contributed by atoms with van der Waals surface area (Å²) in [4.78, 5) is 14.4. The second kappa shape index (κ2) is 9.81. The summed E-state index contributed by atoms with van der Waals surface area (Å²) in [7, 11) is 0. The molecule has 1 aromatic heterocycles. The number of furan rings is 1. The number of amidine groups is 1. The van der Waals surface area contributed by atoms with Crippen molar-refractivity contribution in [2.24, 2.45) is 10.2 Å². The molecule has 1 amide bonds. The normalized spacial score (nSPS) is 17.7. The summed E-state index contributed by atoms with van der Waals surface area (Å²) in [5.41, 5.74) is 2.04. The van der Waals surface area contributed by atoms with Crippen molar-refractivity contribution in [3.8, 4) is 11.3 Å². The van der Waals surface area contributed by atoms with Crippen LogP contribution in [-0.2, 0) is 11.2 Å². The predicted octanol–water partition coefficient (Wildman–Crippen LogP) is 5.66. The van der Waals surface area contributed by atoms with E-state index in [2.05, 4.69) is 16.8 Å². The lowest BCUT2D eigenvalue weighted by molar-refractivity contribution is -0.125. The number of carbonyl (C=O) groups is 1. The Labute approximate surface area is 190 Å². The third kappa shape index (κ3) is 5.16. The van der Waals surface area contributed by atoms with Gasteiger partial charge in [-0.2, -0.15) is 5.10 Å². The maximum Gasteiger partial charge on any atom is 0.242 e. The maximum absolute atomic E-state index is 12.8. The van der Waals surface area contributed by atoms with Gasteiger partial charge in [0.15, 0.2) is 5.17 Å². The summed E-state index contributed by atoms with van der Waals surface area (Å²) in [6.07, 6.45) is 3.87. The standard InChI is InChI=1S/C24H20ClN3O2S/c1-2-14-28-23(29)22(15-17-6-4-3-5-7-17)31-24(28)27-26-16-20-12-13-21(30-20)18-8-10-19(25)11-9-18/h2-13,16,22H,1,14-15H2. The summed E-state index contributed by atoms with van der Waals surface area (Å²) >= 11 is 7.35. The lowest BCUT2D eigenvalue weighted by Crippen LogP contribution is -2.32. The third-order valence-corrected chi connectivity index (χ3v) is 6.10. The van der Waals surface area contributed by atoms with Crippen LogP contribution >= 0.6 is 23.4 Å². The van der Waals surface area contributed by atoms with Crippen LogP contribution in [0, 0.1) is 0 Å². The van der Waals surface area contributed by atoms with Crippen LogP contribution in [0.2, 0.25) is 5.02 Å². The summed E-state index contributed by atoms with van der Waals surface area (Å²) in [6.45, 7) is 4.14. The van der Waals surface area contributed by atoms with Gasteiger partial charge in [-0.25, -0.2) is 0 Å². The van der Waals surface area contributed by atoms with Gasteiger partial charge in [0.05, 0.1) is 11.5 Å². The van der Waals surface area contributed by atoms with Crippen molar-refractivity contribution in [2.75, 3.05) is 6.54 Å². The Morgan fingerprint density at radius 2 is 1.87 bits per heavy atom. The molecule has 2 aromatic carbocycles. The predicted molar refractivity (Wildman–Crippen MR) is 128 cm³/mol. The molecule has 0 N–H and O–H groups in total. The first kappa shape index (κ1) is 21.2. The molecule has 5 nitrogen and oxygen atoms in total. The smallest absolute Gasteiger partial charge is 0.242 e. The van der Waals surface area contributed by atoms with Gasteiger partial charge in [0.1, 0.15) is 11.5 Å². The van der Waals surface area contributed by atoms with E-state index in [4.69, 9.17) is 16.0 Å². The van der Waals surface area contributed by atoms with E-state index in [-0.39, 0.29) is 11.2 Å². The minimum atomic E-state index is -0.226. The van der Waals surface area contributed by atoms with Crippen molar-refractivity contribution < 1.29 is 9.21 Å². The van der Waals surface area contributed by atoms with Crippen molar-refractivity contribution in [1.82, 2.24) is 4.90 Å². The van der Waals surface area contributed by atoms with Crippen LogP contribution < -0.4 is 0 Å². The number of nitrogens with zero attached hydrogens (tertiary/aromatic N) is 3. The zero-order valence-corrected chi connectivity index (χ0v) is 18.2. The fourth-order valence-corrected chi connectivity index (χ4v) is 4.44. The largest absolute Gasteiger partial charge is 0.455 e. The van der Waals surface area contributed by atoms with Gasteiger partial charge in [-0.05, 0) is 48.4 Å². The van der Waals surface area contributed by atoms with Crippen LogP contribution in [0.25, 0.3) is 11.3 Å². The first-order valence-corrected chi connectivity index (χ1v) is 11.0. The zero-order chi connectivity index (χ0) is 21.6. The molecular weight excluding hydrogens is 430 g/mol. The molecule has 0 bridgehead atoms. The zero-order valence-electron chi connectivity index (χ0n) is 16.6. The molecule has 4 rings (SSSR count). The highest BCUT2D eigenvalue weighted by atomic mass is 35.5. The number of halogens is 1. The number of hydrogen-bond donors (Lipinski definition) is 0. The van der Waals surface area contributed by atoms with E-state index >= 15 is 0 Å². The van der Waals surface area contributed by atoms with Gasteiger partial charge in [0.2, 0.25) is 5.91 Å². The van der Waals surface area contributed by atoms with Crippen LogP contribution in [0.3, 0.4) is 0 Å². The molecule has 0 spiro atoms. The van der Waals surface area contributed by atoms with E-state index in [1.54, 1.807) is 11.0 Å². The molecular formula is C24H20ClN3O2S. The van der Waals surface area contributed by atoms with Crippen LogP contribution in [0.1, 0.15) is 11.3 Å². The Bertz CT molecular complexity index is 1120. The van der Waals surface area contributed by atoms with Crippen LogP contribution in [0.4, 0.5) is 0 Å². The number of rotatable bonds is 7. The number of carbonyl (C=O) groups excluding carboxylic acids is 1. The van der Waals surface area contributed by atoms with E-state index < -0.39 is 0 Å². The average molecular weight is 450 g/mol. The highest BCUT2D eigenvalue weighted by molar-refractivity contribution is 8.15. The summed E-state index contributed by atoms with van der Waals surface area (Å²) in [5, 5.41) is 9.44. The molecule has 156 valence electrons. The Balaban J connectivity index is 1.47. The molecule has 1 aliphatic rings. The maximum atomic E-state index is 12.8. The molecule has 0 radical (unpaired) electrons. The fraction of sp³-hybridized carbons (Fsp3) is 0.125. The molecule has 2 heterocycles. The topological polar surface area (TPSA) is 58.2 Å². The van der Waals surface area contributed by atoms with Crippen molar-refractivity contribution in [1.29, 1.82) is 0 Å². The Hall–Kier alpha value is -3.09. The lowest BCUT2D eigenvalue weighted by atomic mass is 10.1. The summed E-state index contributed by atoms with van der Waals surface area (Å²) < 4.78 is 5.80. The van der Waals surface area contributed by atoms with Gasteiger partial charge in [0, 0.05) is 17.1 Å². The minimum Gasteiger partial charge on any atom is -0.455 e. The number of thioether (sulfide) groups is 1. The van der Waals surface area contributed by atoms with E-state index in [1.165, 1.54) is 18.0 Å². The van der Waals surface area contributed by atoms with Gasteiger partial charge in [0.25, 0.3) is 0 Å². The van der Waals surface area contributed by atoms with Crippen LogP contribution in [-0.4, -0.2) is 34.0 Å². The van der Waals surface area contributed by atoms with Gasteiger partial charge in [-0.15, -0.1) is 11.7 Å². The first-order chi connectivity index (χ1) is 15.1. The Morgan fingerprint density at radius 1 is 1.10 bits per heavy atom. The van der Waals surface area contributed by atoms with Crippen LogP contribution in [0.5, 0.6) is 0 Å². The molecule has 0 saturated carbocycles. The van der Waals surface area contributed by atoms with E-state index in [1.807, 2.05) is 66.7 Å². The average Bonchev–Trinajstić information content (AvgIpc) is 3.36. The molecule has 3 aromatic rings. The van der Waals surface area contributed by atoms with Gasteiger partial charge >= 0.3 is 0 Å². The van der Waals surface area contributed by atoms with Crippen molar-refractivity contribution in [3.63, 3.8) is 0 Å². The van der Waals surface area contributed by atoms with Crippen molar-refractivity contribution in [3.05, 3.63) is 95.7 Å². The Kier molecular flexibility index (Phi) is 6.70. The van der Waals surface area contributed by atoms with E-state index in [0.29, 0.717) is 34.7 Å². The molecule has 1 atom stereocenters. The second-order valence-electron chi connectivity index (χ2n) is 6.87. The SMILES string of the molecule is C=CCN1C(=O)C(Cc2ccccc2)SC1=NN=Cc1ccc(-c2ccc(Cl)cc2)o1. The van der Waals surface area contributed by atoms with Crippen molar-refractivity contribution in [2.45, 2.75) is 11.7 Å². The molecule has 1 fully saturated rings. The minimum absolute atomic E-state index is 0.0192. The molecule has 31 heavy (non-hydrogen) atoms. The third-order valence-electron chi connectivity index (χ3n) is 4.68. The van der Waals surface area contributed by atoms with Gasteiger partial charge in [-0.1, -0.05) is 59.8 Å². The number of hydrogen-bond acceptors (Lipinski definition) is 5. The Morgan fingerprint density at radius 3 is 2.61 bits per heavy atom. The number of benzene rings is 2. The number of amides is 1. The molecule has 1 aliphatic heterocycles. The monoisotopic (exact) mass is 449 g/mol. The van der Waals surface area contributed by atoms with Gasteiger partial charge < -0.3 is 4.42 Å². The summed E-state index contributed by atoms with van der Waals surface area (Å²) in [6, 6.07) is 21.1. The van der Waals surface area contributed by atoms with E-state index in [0.717, 1.165) is 11.1 Å². The highest BCUT2D eigenvalue weighted by Crippen LogP contribution is 2.30. The lowest BCUT2D eigenvalue weighted by Gasteiger charge is -2.12. The molecule has 7 heteroatoms. The fourth-order valence-electron chi connectivity index (χ4n) is 3.17. The second-order valence-corrected chi connectivity index (χ2v) is 8.48. The summed E-state index contributed by atoms with van der Waals surface area (Å²) in [5.74, 6) is 1.30. The molecule has 1 saturated heterocycles.